The van der Waals surface area contributed by atoms with Crippen LogP contribution in [0.4, 0.5) is 0 Å². The van der Waals surface area contributed by atoms with Crippen LogP contribution in [0.5, 0.6) is 0 Å². The van der Waals surface area contributed by atoms with Crippen molar-refractivity contribution in [3.05, 3.63) is 0 Å². The molecule has 1 rings (SSSR count). The van der Waals surface area contributed by atoms with E-state index < -0.39 is 0 Å². The average Bonchev–Trinajstić information content (AvgIpc) is 2.02. The molecule has 0 aromatic heterocycles. The van der Waals surface area contributed by atoms with Gasteiger partial charge in [0.15, 0.2) is 0 Å². The van der Waals surface area contributed by atoms with Gasteiger partial charge >= 0.3 is 0 Å². The molecule has 1 heterocycles. The maximum Gasteiger partial charge on any atom is 0.0670 e. The van der Waals surface area contributed by atoms with Crippen LogP contribution < -0.4 is 5.73 Å². The number of hydrogen-bond acceptors (Lipinski definition) is 3. The SMILES string of the molecule is CC(CN)CN1C[C@@H](C)C[C@@H](O)C1. The fourth-order valence-electron chi connectivity index (χ4n) is 2.09. The Labute approximate surface area is 80.9 Å². The highest BCUT2D eigenvalue weighted by molar-refractivity contribution is 4.77. The van der Waals surface area contributed by atoms with Gasteiger partial charge in [-0.3, -0.25) is 0 Å². The molecule has 3 atom stereocenters. The zero-order chi connectivity index (χ0) is 9.84. The van der Waals surface area contributed by atoms with Gasteiger partial charge in [-0.25, -0.2) is 0 Å². The quantitative estimate of drug-likeness (QED) is 0.666. The van der Waals surface area contributed by atoms with Gasteiger partial charge in [0, 0.05) is 19.6 Å². The third-order valence-electron chi connectivity index (χ3n) is 2.69. The second-order valence-corrected chi connectivity index (χ2v) is 4.55. The lowest BCUT2D eigenvalue weighted by molar-refractivity contribution is 0.0387. The Kier molecular flexibility index (Phi) is 4.16. The van der Waals surface area contributed by atoms with E-state index in [1.807, 2.05) is 0 Å². The van der Waals surface area contributed by atoms with E-state index in [-0.39, 0.29) is 6.10 Å². The van der Waals surface area contributed by atoms with Crippen molar-refractivity contribution < 1.29 is 5.11 Å². The lowest BCUT2D eigenvalue weighted by atomic mass is 9.97. The number of aliphatic hydroxyl groups is 1. The molecule has 0 aromatic rings. The Morgan fingerprint density at radius 3 is 2.77 bits per heavy atom. The minimum absolute atomic E-state index is 0.131. The molecule has 0 aromatic carbocycles. The van der Waals surface area contributed by atoms with Crippen LogP contribution in [0, 0.1) is 11.8 Å². The summed E-state index contributed by atoms with van der Waals surface area (Å²) in [6.45, 7) is 8.06. The summed E-state index contributed by atoms with van der Waals surface area (Å²) in [7, 11) is 0. The van der Waals surface area contributed by atoms with Gasteiger partial charge < -0.3 is 15.7 Å². The lowest BCUT2D eigenvalue weighted by Gasteiger charge is -2.35. The number of likely N-dealkylation sites (tertiary alicyclic amines) is 1. The van der Waals surface area contributed by atoms with Crippen molar-refractivity contribution in [2.75, 3.05) is 26.2 Å². The Morgan fingerprint density at radius 2 is 2.23 bits per heavy atom. The third-order valence-corrected chi connectivity index (χ3v) is 2.69. The predicted molar refractivity (Wildman–Crippen MR) is 54.4 cm³/mol. The van der Waals surface area contributed by atoms with Crippen LogP contribution in [0.15, 0.2) is 0 Å². The Balaban J connectivity index is 2.32. The van der Waals surface area contributed by atoms with E-state index >= 15 is 0 Å². The molecule has 1 aliphatic heterocycles. The minimum Gasteiger partial charge on any atom is -0.392 e. The highest BCUT2D eigenvalue weighted by atomic mass is 16.3. The van der Waals surface area contributed by atoms with Gasteiger partial charge in [-0.15, -0.1) is 0 Å². The molecule has 0 saturated carbocycles. The van der Waals surface area contributed by atoms with E-state index in [0.29, 0.717) is 11.8 Å². The number of rotatable bonds is 3. The standard InChI is InChI=1S/C10H22N2O/c1-8-3-10(13)7-12(5-8)6-9(2)4-11/h8-10,13H,3-7,11H2,1-2H3/t8-,9?,10+/m0/s1. The average molecular weight is 186 g/mol. The summed E-state index contributed by atoms with van der Waals surface area (Å²) in [5.74, 6) is 1.16. The molecule has 1 fully saturated rings. The maximum absolute atomic E-state index is 9.56. The van der Waals surface area contributed by atoms with Crippen LogP contribution in [-0.2, 0) is 0 Å². The van der Waals surface area contributed by atoms with Crippen molar-refractivity contribution in [1.29, 1.82) is 0 Å². The normalized spacial score (nSPS) is 33.2. The van der Waals surface area contributed by atoms with Crippen molar-refractivity contribution in [2.24, 2.45) is 17.6 Å². The number of hydrogen-bond donors (Lipinski definition) is 2. The van der Waals surface area contributed by atoms with E-state index in [9.17, 15) is 5.11 Å². The molecular weight excluding hydrogens is 164 g/mol. The summed E-state index contributed by atoms with van der Waals surface area (Å²) in [5.41, 5.74) is 5.57. The highest BCUT2D eigenvalue weighted by Crippen LogP contribution is 2.16. The number of piperidine rings is 1. The van der Waals surface area contributed by atoms with Crippen molar-refractivity contribution >= 4 is 0 Å². The molecule has 0 radical (unpaired) electrons. The van der Waals surface area contributed by atoms with Crippen LogP contribution in [0.1, 0.15) is 20.3 Å². The fourth-order valence-corrected chi connectivity index (χ4v) is 2.09. The van der Waals surface area contributed by atoms with Gasteiger partial charge in [0.25, 0.3) is 0 Å². The Morgan fingerprint density at radius 1 is 1.54 bits per heavy atom. The summed E-state index contributed by atoms with van der Waals surface area (Å²) in [6, 6.07) is 0. The summed E-state index contributed by atoms with van der Waals surface area (Å²) in [5, 5.41) is 9.56. The molecule has 3 nitrogen and oxygen atoms in total. The second kappa shape index (κ2) is 4.94. The molecule has 13 heavy (non-hydrogen) atoms. The number of nitrogens with two attached hydrogens (primary N) is 1. The molecule has 1 aliphatic rings. The van der Waals surface area contributed by atoms with Gasteiger partial charge in [-0.05, 0) is 24.8 Å². The first-order chi connectivity index (χ1) is 6.11. The third kappa shape index (κ3) is 3.63. The highest BCUT2D eigenvalue weighted by Gasteiger charge is 2.23. The smallest absolute Gasteiger partial charge is 0.0670 e. The molecule has 78 valence electrons. The second-order valence-electron chi connectivity index (χ2n) is 4.55. The molecule has 1 saturated heterocycles. The molecular formula is C10H22N2O. The van der Waals surface area contributed by atoms with E-state index in [0.717, 1.165) is 32.6 Å². The van der Waals surface area contributed by atoms with Crippen LogP contribution >= 0.6 is 0 Å². The first kappa shape index (κ1) is 11.0. The minimum atomic E-state index is -0.131. The largest absolute Gasteiger partial charge is 0.392 e. The van der Waals surface area contributed by atoms with Crippen molar-refractivity contribution in [3.63, 3.8) is 0 Å². The van der Waals surface area contributed by atoms with E-state index in [1.165, 1.54) is 0 Å². The Hall–Kier alpha value is -0.120. The summed E-state index contributed by atoms with van der Waals surface area (Å²) in [6.07, 6.45) is 0.821. The lowest BCUT2D eigenvalue weighted by Crippen LogP contribution is -2.44. The van der Waals surface area contributed by atoms with Crippen molar-refractivity contribution in [1.82, 2.24) is 4.90 Å². The van der Waals surface area contributed by atoms with Gasteiger partial charge in [0.1, 0.15) is 0 Å². The zero-order valence-corrected chi connectivity index (χ0v) is 8.74. The van der Waals surface area contributed by atoms with E-state index in [4.69, 9.17) is 5.73 Å². The van der Waals surface area contributed by atoms with Gasteiger partial charge in [0.2, 0.25) is 0 Å². The monoisotopic (exact) mass is 186 g/mol. The van der Waals surface area contributed by atoms with Crippen LogP contribution in [0.2, 0.25) is 0 Å². The summed E-state index contributed by atoms with van der Waals surface area (Å²) in [4.78, 5) is 2.33. The van der Waals surface area contributed by atoms with Crippen LogP contribution in [0.25, 0.3) is 0 Å². The molecule has 0 spiro atoms. The number of nitrogens with zero attached hydrogens (tertiary/aromatic N) is 1. The maximum atomic E-state index is 9.56. The Bertz CT molecular complexity index is 142. The topological polar surface area (TPSA) is 49.5 Å². The van der Waals surface area contributed by atoms with E-state index in [1.54, 1.807) is 0 Å². The molecule has 1 unspecified atom stereocenters. The first-order valence-corrected chi connectivity index (χ1v) is 5.22. The van der Waals surface area contributed by atoms with Gasteiger partial charge in [0.05, 0.1) is 6.10 Å². The fraction of sp³-hybridized carbons (Fsp3) is 1.00. The molecule has 0 aliphatic carbocycles. The van der Waals surface area contributed by atoms with Crippen LogP contribution in [-0.4, -0.2) is 42.3 Å². The number of β-amino-alcohol motifs (C(OH)–C–C–N with tert-alkyl or cyclic N) is 1. The zero-order valence-electron chi connectivity index (χ0n) is 8.74. The summed E-state index contributed by atoms with van der Waals surface area (Å²) >= 11 is 0. The molecule has 0 amide bonds. The van der Waals surface area contributed by atoms with E-state index in [2.05, 4.69) is 18.7 Å². The van der Waals surface area contributed by atoms with Crippen molar-refractivity contribution in [3.8, 4) is 0 Å². The number of aliphatic hydroxyl groups excluding tert-OH is 1. The first-order valence-electron chi connectivity index (χ1n) is 5.22. The predicted octanol–water partition coefficient (Wildman–Crippen LogP) is 0.284. The van der Waals surface area contributed by atoms with Gasteiger partial charge in [-0.2, -0.15) is 0 Å². The van der Waals surface area contributed by atoms with Crippen LogP contribution in [0.3, 0.4) is 0 Å². The molecule has 3 heteroatoms. The van der Waals surface area contributed by atoms with Gasteiger partial charge in [-0.1, -0.05) is 13.8 Å². The molecule has 3 N–H and O–H groups in total. The molecule has 0 bridgehead atoms. The summed E-state index contributed by atoms with van der Waals surface area (Å²) < 4.78 is 0. The van der Waals surface area contributed by atoms with Crippen molar-refractivity contribution in [2.45, 2.75) is 26.4 Å².